The van der Waals surface area contributed by atoms with Crippen molar-refractivity contribution in [1.29, 1.82) is 0 Å². The molecule has 1 saturated heterocycles. The fraction of sp³-hybridized carbons (Fsp3) is 0.462. The van der Waals surface area contributed by atoms with Gasteiger partial charge in [0, 0.05) is 24.3 Å². The van der Waals surface area contributed by atoms with E-state index in [1.807, 2.05) is 12.1 Å². The highest BCUT2D eigenvalue weighted by molar-refractivity contribution is 5.90. The normalized spacial score (nSPS) is 17.3. The van der Waals surface area contributed by atoms with E-state index >= 15 is 0 Å². The monoisotopic (exact) mass is 250 g/mol. The summed E-state index contributed by atoms with van der Waals surface area (Å²) in [6, 6.07) is 7.12. The largest absolute Gasteiger partial charge is 0.389 e. The number of aliphatic hydroxyl groups is 1. The molecule has 5 nitrogen and oxygen atoms in total. The van der Waals surface area contributed by atoms with Crippen LogP contribution in [-0.4, -0.2) is 42.3 Å². The van der Waals surface area contributed by atoms with Crippen molar-refractivity contribution in [2.24, 2.45) is 0 Å². The minimum absolute atomic E-state index is 0.147. The molecule has 0 saturated carbocycles. The molecule has 1 aromatic carbocycles. The summed E-state index contributed by atoms with van der Waals surface area (Å²) in [6.07, 6.45) is -0.605. The maximum atomic E-state index is 12.0. The van der Waals surface area contributed by atoms with Crippen LogP contribution in [0.5, 0.6) is 0 Å². The SMILES string of the molecule is CC(O)c1ccccc1NC(=O)N1CCOCC1. The number of para-hydroxylation sites is 1. The van der Waals surface area contributed by atoms with Gasteiger partial charge in [-0.05, 0) is 13.0 Å². The van der Waals surface area contributed by atoms with Crippen LogP contribution in [0.1, 0.15) is 18.6 Å². The van der Waals surface area contributed by atoms with Crippen LogP contribution in [0.25, 0.3) is 0 Å². The molecule has 2 amide bonds. The summed E-state index contributed by atoms with van der Waals surface area (Å²) < 4.78 is 5.20. The molecular weight excluding hydrogens is 232 g/mol. The van der Waals surface area contributed by atoms with Gasteiger partial charge in [0.15, 0.2) is 0 Å². The number of rotatable bonds is 2. The summed E-state index contributed by atoms with van der Waals surface area (Å²) in [5, 5.41) is 12.5. The Morgan fingerprint density at radius 3 is 2.72 bits per heavy atom. The molecule has 1 unspecified atom stereocenters. The van der Waals surface area contributed by atoms with Crippen LogP contribution < -0.4 is 5.32 Å². The molecule has 0 bridgehead atoms. The zero-order chi connectivity index (χ0) is 13.0. The molecule has 1 heterocycles. The molecule has 1 aromatic rings. The highest BCUT2D eigenvalue weighted by Crippen LogP contribution is 2.22. The molecule has 0 radical (unpaired) electrons. The summed E-state index contributed by atoms with van der Waals surface area (Å²) in [6.45, 7) is 4.03. The smallest absolute Gasteiger partial charge is 0.322 e. The van der Waals surface area contributed by atoms with Gasteiger partial charge >= 0.3 is 6.03 Å². The van der Waals surface area contributed by atoms with Gasteiger partial charge in [-0.2, -0.15) is 0 Å². The lowest BCUT2D eigenvalue weighted by Crippen LogP contribution is -2.43. The van der Waals surface area contributed by atoms with Crippen LogP contribution in [0.15, 0.2) is 24.3 Å². The van der Waals surface area contributed by atoms with Crippen LogP contribution in [0.4, 0.5) is 10.5 Å². The highest BCUT2D eigenvalue weighted by Gasteiger charge is 2.18. The number of amides is 2. The lowest BCUT2D eigenvalue weighted by atomic mass is 10.1. The fourth-order valence-corrected chi connectivity index (χ4v) is 1.94. The van der Waals surface area contributed by atoms with Crippen molar-refractivity contribution in [3.63, 3.8) is 0 Å². The molecule has 2 N–H and O–H groups in total. The van der Waals surface area contributed by atoms with Crippen LogP contribution in [-0.2, 0) is 4.74 Å². The number of carbonyl (C=O) groups excluding carboxylic acids is 1. The Balaban J connectivity index is 2.06. The van der Waals surface area contributed by atoms with Crippen molar-refractivity contribution in [1.82, 2.24) is 4.90 Å². The minimum atomic E-state index is -0.605. The maximum absolute atomic E-state index is 12.0. The zero-order valence-electron chi connectivity index (χ0n) is 10.4. The van der Waals surface area contributed by atoms with Gasteiger partial charge in [-0.3, -0.25) is 0 Å². The number of nitrogens with zero attached hydrogens (tertiary/aromatic N) is 1. The number of aliphatic hydroxyl groups excluding tert-OH is 1. The molecule has 1 aliphatic heterocycles. The van der Waals surface area contributed by atoms with Crippen molar-refractivity contribution >= 4 is 11.7 Å². The lowest BCUT2D eigenvalue weighted by Gasteiger charge is -2.27. The Hall–Kier alpha value is -1.59. The second-order valence-electron chi connectivity index (χ2n) is 4.29. The van der Waals surface area contributed by atoms with Crippen LogP contribution in [0.3, 0.4) is 0 Å². The first kappa shape index (κ1) is 12.9. The molecular formula is C13H18N2O3. The topological polar surface area (TPSA) is 61.8 Å². The number of nitrogens with one attached hydrogen (secondary N) is 1. The van der Waals surface area contributed by atoms with Gasteiger partial charge < -0.3 is 20.1 Å². The number of ether oxygens (including phenoxy) is 1. The Kier molecular flexibility index (Phi) is 4.17. The summed E-state index contributed by atoms with van der Waals surface area (Å²) >= 11 is 0. The summed E-state index contributed by atoms with van der Waals surface area (Å²) in [5.41, 5.74) is 1.38. The van der Waals surface area contributed by atoms with E-state index in [9.17, 15) is 9.90 Å². The third kappa shape index (κ3) is 3.00. The van der Waals surface area contributed by atoms with E-state index in [0.717, 1.165) is 5.56 Å². The van der Waals surface area contributed by atoms with Crippen molar-refractivity contribution in [3.8, 4) is 0 Å². The molecule has 0 aromatic heterocycles. The summed E-state index contributed by atoms with van der Waals surface area (Å²) in [4.78, 5) is 13.7. The first-order valence-electron chi connectivity index (χ1n) is 6.09. The number of anilines is 1. The molecule has 1 fully saturated rings. The number of hydrogen-bond acceptors (Lipinski definition) is 3. The molecule has 2 rings (SSSR count). The summed E-state index contributed by atoms with van der Waals surface area (Å²) in [5.74, 6) is 0. The Morgan fingerprint density at radius 1 is 1.39 bits per heavy atom. The average molecular weight is 250 g/mol. The van der Waals surface area contributed by atoms with Gasteiger partial charge in [-0.25, -0.2) is 4.79 Å². The van der Waals surface area contributed by atoms with Crippen molar-refractivity contribution < 1.29 is 14.6 Å². The zero-order valence-corrected chi connectivity index (χ0v) is 10.4. The van der Waals surface area contributed by atoms with Crippen molar-refractivity contribution in [2.45, 2.75) is 13.0 Å². The average Bonchev–Trinajstić information content (AvgIpc) is 2.40. The summed E-state index contributed by atoms with van der Waals surface area (Å²) in [7, 11) is 0. The molecule has 0 aliphatic carbocycles. The van der Waals surface area contributed by atoms with Gasteiger partial charge in [-0.1, -0.05) is 18.2 Å². The second-order valence-corrected chi connectivity index (χ2v) is 4.29. The van der Waals surface area contributed by atoms with E-state index < -0.39 is 6.10 Å². The van der Waals surface area contributed by atoms with E-state index in [-0.39, 0.29) is 6.03 Å². The van der Waals surface area contributed by atoms with Crippen LogP contribution >= 0.6 is 0 Å². The van der Waals surface area contributed by atoms with Gasteiger partial charge in [-0.15, -0.1) is 0 Å². The Labute approximate surface area is 106 Å². The fourth-order valence-electron chi connectivity index (χ4n) is 1.94. The number of benzene rings is 1. The third-order valence-electron chi connectivity index (χ3n) is 2.95. The molecule has 5 heteroatoms. The van der Waals surface area contributed by atoms with Crippen molar-refractivity contribution in [3.05, 3.63) is 29.8 Å². The molecule has 1 atom stereocenters. The standard InChI is InChI=1S/C13H18N2O3/c1-10(16)11-4-2-3-5-12(11)14-13(17)15-6-8-18-9-7-15/h2-5,10,16H,6-9H2,1H3,(H,14,17). The number of morpholine rings is 1. The molecule has 98 valence electrons. The van der Waals surface area contributed by atoms with Gasteiger partial charge in [0.2, 0.25) is 0 Å². The molecule has 18 heavy (non-hydrogen) atoms. The first-order valence-corrected chi connectivity index (χ1v) is 6.09. The van der Waals surface area contributed by atoms with Gasteiger partial charge in [0.1, 0.15) is 0 Å². The minimum Gasteiger partial charge on any atom is -0.389 e. The maximum Gasteiger partial charge on any atom is 0.322 e. The van der Waals surface area contributed by atoms with E-state index in [0.29, 0.717) is 32.0 Å². The van der Waals surface area contributed by atoms with Crippen LogP contribution in [0, 0.1) is 0 Å². The van der Waals surface area contributed by atoms with E-state index in [1.165, 1.54) is 0 Å². The van der Waals surface area contributed by atoms with E-state index in [1.54, 1.807) is 24.0 Å². The highest BCUT2D eigenvalue weighted by atomic mass is 16.5. The van der Waals surface area contributed by atoms with E-state index in [4.69, 9.17) is 4.74 Å². The van der Waals surface area contributed by atoms with Crippen LogP contribution in [0.2, 0.25) is 0 Å². The first-order chi connectivity index (χ1) is 8.68. The van der Waals surface area contributed by atoms with Gasteiger partial charge in [0.25, 0.3) is 0 Å². The van der Waals surface area contributed by atoms with Crippen molar-refractivity contribution in [2.75, 3.05) is 31.6 Å². The number of hydrogen-bond donors (Lipinski definition) is 2. The predicted molar refractivity (Wildman–Crippen MR) is 68.5 cm³/mol. The predicted octanol–water partition coefficient (Wildman–Crippen LogP) is 1.60. The Morgan fingerprint density at radius 2 is 2.06 bits per heavy atom. The number of carbonyl (C=O) groups is 1. The molecule has 0 spiro atoms. The second kappa shape index (κ2) is 5.84. The quantitative estimate of drug-likeness (QED) is 0.838. The Bertz CT molecular complexity index is 414. The van der Waals surface area contributed by atoms with E-state index in [2.05, 4.69) is 5.32 Å². The molecule has 1 aliphatic rings. The number of urea groups is 1. The lowest BCUT2D eigenvalue weighted by molar-refractivity contribution is 0.0564. The van der Waals surface area contributed by atoms with Gasteiger partial charge in [0.05, 0.1) is 19.3 Å². The third-order valence-corrected chi connectivity index (χ3v) is 2.95.